The van der Waals surface area contributed by atoms with Crippen molar-refractivity contribution in [2.24, 2.45) is 0 Å². The van der Waals surface area contributed by atoms with E-state index < -0.39 is 12.1 Å². The normalized spacial score (nSPS) is 11.7. The molecule has 1 heterocycles. The van der Waals surface area contributed by atoms with Crippen LogP contribution in [0.25, 0.3) is 5.69 Å². The summed E-state index contributed by atoms with van der Waals surface area (Å²) < 4.78 is 12.9. The lowest BCUT2D eigenvalue weighted by Crippen LogP contribution is -2.21. The standard InChI is InChI=1S/C26H25N3O3/c1-18-16-21(27-23-14-15-29(28-23)22-12-8-5-9-13-22)17-19(2)24(18)32-26(30)25(31-3)20-10-6-4-7-11-20/h4-17,25H,1-3H3,(H,27,28). The molecule has 0 aliphatic carbocycles. The van der Waals surface area contributed by atoms with E-state index in [4.69, 9.17) is 9.47 Å². The Morgan fingerprint density at radius 2 is 1.56 bits per heavy atom. The number of ether oxygens (including phenoxy) is 2. The highest BCUT2D eigenvalue weighted by molar-refractivity contribution is 5.80. The Labute approximate surface area is 187 Å². The summed E-state index contributed by atoms with van der Waals surface area (Å²) in [6.07, 6.45) is 1.12. The van der Waals surface area contributed by atoms with Gasteiger partial charge in [-0.05, 0) is 54.8 Å². The van der Waals surface area contributed by atoms with Crippen molar-refractivity contribution in [3.63, 3.8) is 0 Å². The van der Waals surface area contributed by atoms with Crippen molar-refractivity contribution >= 4 is 17.5 Å². The summed E-state index contributed by atoms with van der Waals surface area (Å²) in [7, 11) is 1.50. The molecule has 0 radical (unpaired) electrons. The molecule has 0 spiro atoms. The van der Waals surface area contributed by atoms with Gasteiger partial charge in [0.05, 0.1) is 5.69 Å². The van der Waals surface area contributed by atoms with Crippen LogP contribution < -0.4 is 10.1 Å². The largest absolute Gasteiger partial charge is 0.424 e. The van der Waals surface area contributed by atoms with E-state index in [-0.39, 0.29) is 0 Å². The number of aryl methyl sites for hydroxylation is 2. The first-order valence-corrected chi connectivity index (χ1v) is 10.3. The minimum absolute atomic E-state index is 0.452. The number of methoxy groups -OCH3 is 1. The molecule has 0 aliphatic rings. The van der Waals surface area contributed by atoms with Gasteiger partial charge in [0, 0.05) is 25.1 Å². The number of anilines is 2. The van der Waals surface area contributed by atoms with Crippen molar-refractivity contribution in [3.8, 4) is 11.4 Å². The molecule has 1 unspecified atom stereocenters. The molecule has 4 aromatic rings. The molecule has 0 saturated carbocycles. The minimum atomic E-state index is -0.783. The van der Waals surface area contributed by atoms with Gasteiger partial charge in [0.1, 0.15) is 5.75 Å². The Morgan fingerprint density at radius 3 is 2.19 bits per heavy atom. The Balaban J connectivity index is 1.50. The summed E-state index contributed by atoms with van der Waals surface area (Å²) in [6, 6.07) is 25.0. The summed E-state index contributed by atoms with van der Waals surface area (Å²) in [6.45, 7) is 3.82. The molecule has 1 N–H and O–H groups in total. The Morgan fingerprint density at radius 1 is 0.938 bits per heavy atom. The van der Waals surface area contributed by atoms with Gasteiger partial charge >= 0.3 is 5.97 Å². The summed E-state index contributed by atoms with van der Waals surface area (Å²) in [5.74, 6) is 0.807. The van der Waals surface area contributed by atoms with Crippen molar-refractivity contribution in [2.75, 3.05) is 12.4 Å². The van der Waals surface area contributed by atoms with Gasteiger partial charge in [-0.15, -0.1) is 0 Å². The minimum Gasteiger partial charge on any atom is -0.424 e. The Bertz CT molecular complexity index is 1180. The molecule has 3 aromatic carbocycles. The zero-order chi connectivity index (χ0) is 22.5. The lowest BCUT2D eigenvalue weighted by Gasteiger charge is -2.18. The Hall–Kier alpha value is -3.90. The molecule has 162 valence electrons. The Kier molecular flexibility index (Phi) is 6.33. The smallest absolute Gasteiger partial charge is 0.345 e. The summed E-state index contributed by atoms with van der Waals surface area (Å²) in [4.78, 5) is 12.8. The molecule has 6 heteroatoms. The number of benzene rings is 3. The third-order valence-corrected chi connectivity index (χ3v) is 5.10. The number of nitrogens with zero attached hydrogens (tertiary/aromatic N) is 2. The molecular formula is C26H25N3O3. The van der Waals surface area contributed by atoms with Crippen LogP contribution in [-0.2, 0) is 9.53 Å². The van der Waals surface area contributed by atoms with Gasteiger partial charge in [-0.2, -0.15) is 5.10 Å². The predicted molar refractivity (Wildman–Crippen MR) is 125 cm³/mol. The van der Waals surface area contributed by atoms with Crippen molar-refractivity contribution in [1.29, 1.82) is 0 Å². The lowest BCUT2D eigenvalue weighted by molar-refractivity contribution is -0.146. The molecule has 0 fully saturated rings. The molecule has 0 aliphatic heterocycles. The van der Waals surface area contributed by atoms with Gasteiger partial charge in [-0.25, -0.2) is 9.48 Å². The molecule has 4 rings (SSSR count). The SMILES string of the molecule is COC(C(=O)Oc1c(C)cc(Nc2ccn(-c3ccccc3)n2)cc1C)c1ccccc1. The first kappa shape index (κ1) is 21.3. The van der Waals surface area contributed by atoms with Crippen molar-refractivity contribution in [3.05, 3.63) is 102 Å². The van der Waals surface area contributed by atoms with Crippen LogP contribution in [0, 0.1) is 13.8 Å². The second kappa shape index (κ2) is 9.49. The van der Waals surface area contributed by atoms with Gasteiger partial charge in [-0.3, -0.25) is 0 Å². The fourth-order valence-electron chi connectivity index (χ4n) is 3.60. The van der Waals surface area contributed by atoms with Crippen LogP contribution in [0.2, 0.25) is 0 Å². The van der Waals surface area contributed by atoms with Gasteiger partial charge < -0.3 is 14.8 Å². The van der Waals surface area contributed by atoms with E-state index in [9.17, 15) is 4.79 Å². The number of aromatic nitrogens is 2. The molecule has 0 saturated heterocycles. The summed E-state index contributed by atoms with van der Waals surface area (Å²) in [5, 5.41) is 7.90. The van der Waals surface area contributed by atoms with Crippen molar-refractivity contribution in [2.45, 2.75) is 20.0 Å². The van der Waals surface area contributed by atoms with E-state index in [1.165, 1.54) is 7.11 Å². The highest BCUT2D eigenvalue weighted by atomic mass is 16.6. The van der Waals surface area contributed by atoms with Crippen LogP contribution in [-0.4, -0.2) is 22.9 Å². The molecule has 0 bridgehead atoms. The highest BCUT2D eigenvalue weighted by Crippen LogP contribution is 2.30. The average Bonchev–Trinajstić information content (AvgIpc) is 3.27. The number of carbonyl (C=O) groups is 1. The molecular weight excluding hydrogens is 402 g/mol. The third-order valence-electron chi connectivity index (χ3n) is 5.10. The molecule has 1 aromatic heterocycles. The maximum Gasteiger partial charge on any atom is 0.345 e. The maximum atomic E-state index is 12.8. The maximum absolute atomic E-state index is 12.8. The van der Waals surface area contributed by atoms with E-state index in [0.717, 1.165) is 33.9 Å². The number of esters is 1. The number of hydrogen-bond acceptors (Lipinski definition) is 5. The number of hydrogen-bond donors (Lipinski definition) is 1. The van der Waals surface area contributed by atoms with Crippen LogP contribution in [0.15, 0.2) is 85.1 Å². The van der Waals surface area contributed by atoms with Crippen LogP contribution in [0.5, 0.6) is 5.75 Å². The monoisotopic (exact) mass is 427 g/mol. The average molecular weight is 428 g/mol. The lowest BCUT2D eigenvalue weighted by atomic mass is 10.1. The molecule has 1 atom stereocenters. The van der Waals surface area contributed by atoms with Crippen LogP contribution >= 0.6 is 0 Å². The van der Waals surface area contributed by atoms with Gasteiger partial charge in [0.25, 0.3) is 0 Å². The zero-order valence-electron chi connectivity index (χ0n) is 18.3. The quantitative estimate of drug-likeness (QED) is 0.310. The van der Waals surface area contributed by atoms with Crippen LogP contribution in [0.1, 0.15) is 22.8 Å². The van der Waals surface area contributed by atoms with Gasteiger partial charge in [0.15, 0.2) is 11.9 Å². The van der Waals surface area contributed by atoms with E-state index in [2.05, 4.69) is 10.4 Å². The fourth-order valence-corrected chi connectivity index (χ4v) is 3.60. The van der Waals surface area contributed by atoms with Crippen LogP contribution in [0.3, 0.4) is 0 Å². The highest BCUT2D eigenvalue weighted by Gasteiger charge is 2.23. The van der Waals surface area contributed by atoms with E-state index >= 15 is 0 Å². The van der Waals surface area contributed by atoms with E-state index in [1.807, 2.05) is 104 Å². The fraction of sp³-hybridized carbons (Fsp3) is 0.154. The summed E-state index contributed by atoms with van der Waals surface area (Å²) >= 11 is 0. The second-order valence-corrected chi connectivity index (χ2v) is 7.49. The topological polar surface area (TPSA) is 65.4 Å². The molecule has 32 heavy (non-hydrogen) atoms. The number of carbonyl (C=O) groups excluding carboxylic acids is 1. The zero-order valence-corrected chi connectivity index (χ0v) is 18.3. The van der Waals surface area contributed by atoms with Crippen molar-refractivity contribution in [1.82, 2.24) is 9.78 Å². The first-order chi connectivity index (χ1) is 15.5. The predicted octanol–water partition coefficient (Wildman–Crippen LogP) is 5.53. The van der Waals surface area contributed by atoms with Crippen LogP contribution in [0.4, 0.5) is 11.5 Å². The van der Waals surface area contributed by atoms with Crippen molar-refractivity contribution < 1.29 is 14.3 Å². The summed E-state index contributed by atoms with van der Waals surface area (Å²) in [5.41, 5.74) is 4.28. The first-order valence-electron chi connectivity index (χ1n) is 10.3. The van der Waals surface area contributed by atoms with E-state index in [1.54, 1.807) is 0 Å². The number of para-hydroxylation sites is 1. The van der Waals surface area contributed by atoms with E-state index in [0.29, 0.717) is 5.75 Å². The number of rotatable bonds is 7. The third kappa shape index (κ3) is 4.71. The number of nitrogens with one attached hydrogen (secondary N) is 1. The van der Waals surface area contributed by atoms with Gasteiger partial charge in [-0.1, -0.05) is 48.5 Å². The van der Waals surface area contributed by atoms with Gasteiger partial charge in [0.2, 0.25) is 0 Å². The second-order valence-electron chi connectivity index (χ2n) is 7.49. The molecule has 0 amide bonds. The molecule has 6 nitrogen and oxygen atoms in total.